The number of nitrogens with one attached hydrogen (secondary N) is 2. The molecule has 1 aromatic heterocycles. The van der Waals surface area contributed by atoms with Crippen LogP contribution in [-0.4, -0.2) is 51.1 Å². The van der Waals surface area contributed by atoms with Crippen LogP contribution in [0.5, 0.6) is 0 Å². The zero-order valence-electron chi connectivity index (χ0n) is 23.6. The van der Waals surface area contributed by atoms with Crippen LogP contribution >= 0.6 is 0 Å². The third-order valence-electron chi connectivity index (χ3n) is 7.21. The maximum atomic E-state index is 13.3. The lowest BCUT2D eigenvalue weighted by Gasteiger charge is -2.27. The first-order chi connectivity index (χ1) is 18.9. The van der Waals surface area contributed by atoms with Crippen LogP contribution in [-0.2, 0) is 39.0 Å². The van der Waals surface area contributed by atoms with Gasteiger partial charge in [-0.25, -0.2) is 8.42 Å². The third-order valence-corrected chi connectivity index (χ3v) is 7.80. The first-order valence-corrected chi connectivity index (χ1v) is 15.2. The standard InChI is InChI=1S/C30H37N5O4S/c1-6-35-26-14-13-21(18-27(26)34(4)28(36)30(2,3)29(35)37)16-24(17-22-10-9-15-31-19-22)32-20-23-11-7-8-12-25(23)33-40(5,38)39/h7-15,18-19,24,32-33H,6,16-17,20H2,1-5H3. The van der Waals surface area contributed by atoms with Crippen LogP contribution in [0, 0.1) is 5.41 Å². The first kappa shape index (κ1) is 29.2. The number of sulfonamides is 1. The molecule has 1 aliphatic rings. The van der Waals surface area contributed by atoms with Gasteiger partial charge >= 0.3 is 0 Å². The van der Waals surface area contributed by atoms with Crippen molar-refractivity contribution >= 4 is 38.9 Å². The fourth-order valence-corrected chi connectivity index (χ4v) is 5.70. The largest absolute Gasteiger partial charge is 0.313 e. The Balaban J connectivity index is 1.64. The summed E-state index contributed by atoms with van der Waals surface area (Å²) in [7, 11) is -1.70. The summed E-state index contributed by atoms with van der Waals surface area (Å²) < 4.78 is 26.4. The zero-order valence-corrected chi connectivity index (χ0v) is 24.5. The van der Waals surface area contributed by atoms with Crippen LogP contribution in [0.1, 0.15) is 37.5 Å². The third kappa shape index (κ3) is 6.51. The van der Waals surface area contributed by atoms with E-state index in [0.717, 1.165) is 28.6 Å². The van der Waals surface area contributed by atoms with Crippen LogP contribution < -0.4 is 19.8 Å². The number of aromatic nitrogens is 1. The van der Waals surface area contributed by atoms with Gasteiger partial charge in [-0.05, 0) is 74.6 Å². The predicted molar refractivity (Wildman–Crippen MR) is 159 cm³/mol. The van der Waals surface area contributed by atoms with Crippen molar-refractivity contribution in [3.05, 3.63) is 83.7 Å². The van der Waals surface area contributed by atoms with Crippen molar-refractivity contribution in [2.24, 2.45) is 5.41 Å². The number of carbonyl (C=O) groups excluding carboxylic acids is 2. The Hall–Kier alpha value is -3.76. The number of nitrogens with zero attached hydrogens (tertiary/aromatic N) is 3. The molecule has 0 saturated heterocycles. The molecule has 0 bridgehead atoms. The SMILES string of the molecule is CCN1C(=O)C(C)(C)C(=O)N(C)c2cc(CC(Cc3cccnc3)NCc3ccccc3NS(C)(=O)=O)ccc21. The average Bonchev–Trinajstić information content (AvgIpc) is 2.96. The van der Waals surface area contributed by atoms with Crippen molar-refractivity contribution in [1.29, 1.82) is 0 Å². The molecule has 1 aliphatic heterocycles. The molecule has 212 valence electrons. The van der Waals surface area contributed by atoms with Gasteiger partial charge in [0.1, 0.15) is 5.41 Å². The molecule has 3 aromatic rings. The molecule has 0 aliphatic carbocycles. The van der Waals surface area contributed by atoms with E-state index in [2.05, 4.69) is 15.0 Å². The molecule has 9 nitrogen and oxygen atoms in total. The van der Waals surface area contributed by atoms with Crippen molar-refractivity contribution in [3.8, 4) is 0 Å². The molecule has 0 spiro atoms. The fourth-order valence-electron chi connectivity index (χ4n) is 5.11. The molecule has 2 N–H and O–H groups in total. The number of carbonyl (C=O) groups is 2. The summed E-state index contributed by atoms with van der Waals surface area (Å²) in [6.45, 7) is 6.16. The van der Waals surface area contributed by atoms with Crippen molar-refractivity contribution in [3.63, 3.8) is 0 Å². The van der Waals surface area contributed by atoms with Gasteiger partial charge in [-0.1, -0.05) is 30.3 Å². The Kier molecular flexibility index (Phi) is 8.60. The topological polar surface area (TPSA) is 112 Å². The molecule has 0 saturated carbocycles. The number of benzene rings is 2. The van der Waals surface area contributed by atoms with Gasteiger partial charge in [-0.3, -0.25) is 19.3 Å². The average molecular weight is 564 g/mol. The highest BCUT2D eigenvalue weighted by Crippen LogP contribution is 2.39. The smallest absolute Gasteiger partial charge is 0.242 e. The number of para-hydroxylation sites is 1. The highest BCUT2D eigenvalue weighted by Gasteiger charge is 2.45. The number of hydrogen-bond donors (Lipinski definition) is 2. The number of anilines is 3. The molecule has 10 heteroatoms. The van der Waals surface area contributed by atoms with E-state index < -0.39 is 15.4 Å². The van der Waals surface area contributed by atoms with E-state index in [1.165, 1.54) is 0 Å². The van der Waals surface area contributed by atoms with Crippen LogP contribution in [0.15, 0.2) is 67.0 Å². The lowest BCUT2D eigenvalue weighted by molar-refractivity contribution is -0.137. The minimum Gasteiger partial charge on any atom is -0.313 e. The van der Waals surface area contributed by atoms with Crippen LogP contribution in [0.4, 0.5) is 17.1 Å². The lowest BCUT2D eigenvalue weighted by atomic mass is 9.90. The van der Waals surface area contributed by atoms with Crippen molar-refractivity contribution in [2.45, 2.75) is 46.2 Å². The Morgan fingerprint density at radius 1 is 0.950 bits per heavy atom. The highest BCUT2D eigenvalue weighted by atomic mass is 32.2. The molecule has 1 atom stereocenters. The van der Waals surface area contributed by atoms with Gasteiger partial charge in [0.2, 0.25) is 21.8 Å². The maximum Gasteiger partial charge on any atom is 0.242 e. The number of pyridine rings is 1. The molecule has 1 unspecified atom stereocenters. The van der Waals surface area contributed by atoms with E-state index in [0.29, 0.717) is 37.3 Å². The fraction of sp³-hybridized carbons (Fsp3) is 0.367. The molecule has 4 rings (SSSR count). The summed E-state index contributed by atoms with van der Waals surface area (Å²) in [4.78, 5) is 34.0. The van der Waals surface area contributed by atoms with Gasteiger partial charge in [0.05, 0.1) is 23.3 Å². The number of amides is 2. The minimum atomic E-state index is -3.42. The van der Waals surface area contributed by atoms with E-state index >= 15 is 0 Å². The van der Waals surface area contributed by atoms with Crippen molar-refractivity contribution < 1.29 is 18.0 Å². The molecule has 2 aromatic carbocycles. The van der Waals surface area contributed by atoms with Crippen LogP contribution in [0.3, 0.4) is 0 Å². The van der Waals surface area contributed by atoms with E-state index in [1.54, 1.807) is 49.0 Å². The number of rotatable bonds is 10. The van der Waals surface area contributed by atoms with Gasteiger partial charge in [0.15, 0.2) is 0 Å². The van der Waals surface area contributed by atoms with Crippen LogP contribution in [0.2, 0.25) is 0 Å². The van der Waals surface area contributed by atoms with E-state index in [-0.39, 0.29) is 17.9 Å². The lowest BCUT2D eigenvalue weighted by Crippen LogP contribution is -2.47. The van der Waals surface area contributed by atoms with Crippen LogP contribution in [0.25, 0.3) is 0 Å². The second kappa shape index (κ2) is 11.8. The predicted octanol–water partition coefficient (Wildman–Crippen LogP) is 3.75. The molecule has 2 heterocycles. The summed E-state index contributed by atoms with van der Waals surface area (Å²) in [6.07, 6.45) is 6.03. The Labute approximate surface area is 236 Å². The number of hydrogen-bond acceptors (Lipinski definition) is 6. The van der Waals surface area contributed by atoms with E-state index in [1.807, 2.05) is 55.6 Å². The molecule has 0 radical (unpaired) electrons. The second-order valence-corrected chi connectivity index (χ2v) is 12.5. The molecular formula is C30H37N5O4S. The van der Waals surface area contributed by atoms with Crippen molar-refractivity contribution in [1.82, 2.24) is 10.3 Å². The van der Waals surface area contributed by atoms with Gasteiger partial charge in [-0.15, -0.1) is 0 Å². The van der Waals surface area contributed by atoms with Gasteiger partial charge in [0.25, 0.3) is 0 Å². The van der Waals surface area contributed by atoms with Gasteiger partial charge in [-0.2, -0.15) is 0 Å². The zero-order chi connectivity index (χ0) is 29.1. The second-order valence-electron chi connectivity index (χ2n) is 10.7. The molecule has 0 fully saturated rings. The van der Waals surface area contributed by atoms with Gasteiger partial charge < -0.3 is 15.1 Å². The maximum absolute atomic E-state index is 13.3. The van der Waals surface area contributed by atoms with Gasteiger partial charge in [0, 0.05) is 38.6 Å². The summed E-state index contributed by atoms with van der Waals surface area (Å²) in [5.41, 5.74) is 3.69. The van der Waals surface area contributed by atoms with Crippen molar-refractivity contribution in [2.75, 3.05) is 34.4 Å². The Morgan fingerprint density at radius 2 is 1.68 bits per heavy atom. The highest BCUT2D eigenvalue weighted by molar-refractivity contribution is 7.92. The quantitative estimate of drug-likeness (QED) is 0.364. The normalized spacial score (nSPS) is 15.9. The van der Waals surface area contributed by atoms with E-state index in [9.17, 15) is 18.0 Å². The first-order valence-electron chi connectivity index (χ1n) is 13.3. The van der Waals surface area contributed by atoms with E-state index in [4.69, 9.17) is 0 Å². The summed E-state index contributed by atoms with van der Waals surface area (Å²) in [6, 6.07) is 17.1. The minimum absolute atomic E-state index is 0.0272. The molecule has 2 amide bonds. The summed E-state index contributed by atoms with van der Waals surface area (Å²) in [5, 5.41) is 3.60. The monoisotopic (exact) mass is 563 g/mol. The summed E-state index contributed by atoms with van der Waals surface area (Å²) in [5.74, 6) is -0.456. The molecular weight excluding hydrogens is 526 g/mol. The Morgan fingerprint density at radius 3 is 2.35 bits per heavy atom. The number of fused-ring (bicyclic) bond motifs is 1. The molecule has 40 heavy (non-hydrogen) atoms. The summed E-state index contributed by atoms with van der Waals surface area (Å²) >= 11 is 0. The Bertz CT molecular complexity index is 1490.